The normalized spacial score (nSPS) is 14.3. The quantitative estimate of drug-likeness (QED) is 0.321. The summed E-state index contributed by atoms with van der Waals surface area (Å²) < 4.78 is 0. The van der Waals surface area contributed by atoms with Crippen LogP contribution in [0.15, 0.2) is 40.5 Å². The molecular formula is C18H24Br2N2Ni. The summed E-state index contributed by atoms with van der Waals surface area (Å²) in [5.41, 5.74) is 5.90. The van der Waals surface area contributed by atoms with Gasteiger partial charge in [0.15, 0.2) is 0 Å². The summed E-state index contributed by atoms with van der Waals surface area (Å²) in [4.78, 5) is 9.32. The molecule has 0 radical (unpaired) electrons. The molecule has 2 rings (SSSR count). The molecule has 0 atom stereocenters. The van der Waals surface area contributed by atoms with E-state index in [9.17, 15) is 0 Å². The average molecular weight is 487 g/mol. The van der Waals surface area contributed by atoms with E-state index in [0.717, 1.165) is 23.5 Å². The number of aliphatic imine (C=N–C) groups is 2. The van der Waals surface area contributed by atoms with E-state index in [1.807, 2.05) is 6.20 Å². The fourth-order valence-corrected chi connectivity index (χ4v) is 2.47. The molecule has 2 nitrogen and oxygen atoms in total. The van der Waals surface area contributed by atoms with Crippen LogP contribution in [0.5, 0.6) is 0 Å². The van der Waals surface area contributed by atoms with Crippen LogP contribution in [0.25, 0.3) is 0 Å². The van der Waals surface area contributed by atoms with E-state index in [1.54, 1.807) is 0 Å². The molecule has 23 heavy (non-hydrogen) atoms. The first-order valence-corrected chi connectivity index (χ1v) is 12.5. The molecule has 0 bridgehead atoms. The molecule has 1 heterocycles. The number of benzene rings is 1. The second kappa shape index (κ2) is 10.6. The van der Waals surface area contributed by atoms with E-state index in [-0.39, 0.29) is 0 Å². The Morgan fingerprint density at radius 3 is 2.04 bits per heavy atom. The molecule has 1 aliphatic heterocycles. The van der Waals surface area contributed by atoms with Crippen LogP contribution in [0.2, 0.25) is 0 Å². The van der Waals surface area contributed by atoms with Crippen LogP contribution in [0.3, 0.4) is 0 Å². The first-order chi connectivity index (χ1) is 10.9. The molecule has 0 N–H and O–H groups in total. The van der Waals surface area contributed by atoms with Gasteiger partial charge in [0, 0.05) is 12.6 Å². The van der Waals surface area contributed by atoms with Crippen LogP contribution in [-0.4, -0.2) is 11.4 Å². The summed E-state index contributed by atoms with van der Waals surface area (Å²) in [7, 11) is 1.25. The zero-order chi connectivity index (χ0) is 17.4. The van der Waals surface area contributed by atoms with Crippen molar-refractivity contribution >= 4 is 45.6 Å². The maximum absolute atomic E-state index is 4.93. The molecule has 0 spiro atoms. The molecule has 0 amide bonds. The first kappa shape index (κ1) is 20.8. The summed E-state index contributed by atoms with van der Waals surface area (Å²) in [6.07, 6.45) is 4.84. The van der Waals surface area contributed by atoms with Gasteiger partial charge in [0.1, 0.15) is 0 Å². The van der Waals surface area contributed by atoms with Crippen molar-refractivity contribution in [3.63, 3.8) is 0 Å². The van der Waals surface area contributed by atoms with Gasteiger partial charge in [-0.2, -0.15) is 0 Å². The van der Waals surface area contributed by atoms with Crippen molar-refractivity contribution in [1.82, 2.24) is 0 Å². The van der Waals surface area contributed by atoms with E-state index in [0.29, 0.717) is 11.8 Å². The Morgan fingerprint density at radius 2 is 1.65 bits per heavy atom. The van der Waals surface area contributed by atoms with E-state index in [1.165, 1.54) is 22.0 Å². The molecule has 1 aromatic carbocycles. The molecule has 0 aliphatic carbocycles. The molecule has 0 aromatic heterocycles. The topological polar surface area (TPSA) is 24.7 Å². The van der Waals surface area contributed by atoms with Gasteiger partial charge in [-0.3, -0.25) is 9.98 Å². The van der Waals surface area contributed by atoms with E-state index in [4.69, 9.17) is 4.99 Å². The minimum atomic E-state index is 0.476. The van der Waals surface area contributed by atoms with Crippen LogP contribution in [0, 0.1) is 0 Å². The Bertz CT molecular complexity index is 579. The summed E-state index contributed by atoms with van der Waals surface area (Å²) in [6.45, 7) is 11.0. The van der Waals surface area contributed by atoms with E-state index in [2.05, 4.69) is 92.3 Å². The monoisotopic (exact) mass is 484 g/mol. The van der Waals surface area contributed by atoms with Crippen LogP contribution in [0.4, 0.5) is 5.69 Å². The van der Waals surface area contributed by atoms with Crippen LogP contribution >= 0.6 is 28.5 Å². The van der Waals surface area contributed by atoms with E-state index < -0.39 is 0 Å². The second-order valence-corrected chi connectivity index (χ2v) is 11.0. The zero-order valence-corrected chi connectivity index (χ0v) is 18.4. The Kier molecular flexibility index (Phi) is 9.57. The van der Waals surface area contributed by atoms with Gasteiger partial charge in [0.25, 0.3) is 0 Å². The van der Waals surface area contributed by atoms with Crippen molar-refractivity contribution < 1.29 is 10.9 Å². The molecule has 5 heteroatoms. The number of allylic oxidation sites excluding steroid dienone is 1. The Labute approximate surface area is 160 Å². The predicted octanol–water partition coefficient (Wildman–Crippen LogP) is 7.07. The van der Waals surface area contributed by atoms with Gasteiger partial charge in [0.05, 0.1) is 17.1 Å². The van der Waals surface area contributed by atoms with Crippen molar-refractivity contribution in [1.29, 1.82) is 0 Å². The Balaban J connectivity index is 0.000000816. The number of rotatable bonds is 4. The number of halogens is 2. The summed E-state index contributed by atoms with van der Waals surface area (Å²) >= 11 is 6.00. The number of hydrogen-bond donors (Lipinski definition) is 0. The summed E-state index contributed by atoms with van der Waals surface area (Å²) in [5.74, 6) is 0.952. The predicted molar refractivity (Wildman–Crippen MR) is 106 cm³/mol. The van der Waals surface area contributed by atoms with Crippen LogP contribution in [-0.2, 0) is 10.9 Å². The van der Waals surface area contributed by atoms with Gasteiger partial charge in [-0.05, 0) is 29.9 Å². The Morgan fingerprint density at radius 1 is 1.13 bits per heavy atom. The molecule has 1 aromatic rings. The molecule has 130 valence electrons. The van der Waals surface area contributed by atoms with Gasteiger partial charge < -0.3 is 0 Å². The fourth-order valence-electron chi connectivity index (χ4n) is 2.47. The maximum atomic E-state index is 4.93. The fraction of sp³-hybridized carbons (Fsp3) is 0.444. The van der Waals surface area contributed by atoms with Crippen LogP contribution < -0.4 is 0 Å². The molecular weight excluding hydrogens is 463 g/mol. The van der Waals surface area contributed by atoms with Crippen molar-refractivity contribution in [2.24, 2.45) is 9.98 Å². The molecule has 1 aliphatic rings. The van der Waals surface area contributed by atoms with Gasteiger partial charge in [-0.15, -0.1) is 0 Å². The van der Waals surface area contributed by atoms with Gasteiger partial charge in [-0.1, -0.05) is 52.0 Å². The standard InChI is InChI=1S/C18H24N2.2BrH.Ni/c1-12(2)15-8-6-9-16(13(3)4)18(15)20-14(5)17-10-7-11-19-17;;;/h6-9,11-13H,10H2,1-5H3;2*1H;/q;;;+2/p-2. The van der Waals surface area contributed by atoms with Crippen molar-refractivity contribution in [3.8, 4) is 0 Å². The number of hydrogen-bond acceptors (Lipinski definition) is 2. The summed E-state index contributed by atoms with van der Waals surface area (Å²) in [5, 5.41) is 0. The molecule has 0 fully saturated rings. The third kappa shape index (κ3) is 6.28. The van der Waals surface area contributed by atoms with Gasteiger partial charge in [0.2, 0.25) is 0 Å². The molecule has 0 saturated carbocycles. The van der Waals surface area contributed by atoms with Crippen molar-refractivity contribution in [2.45, 2.75) is 52.9 Å². The average Bonchev–Trinajstić information content (AvgIpc) is 3.02. The van der Waals surface area contributed by atoms with Crippen LogP contribution in [0.1, 0.15) is 64.0 Å². The molecule has 0 saturated heterocycles. The van der Waals surface area contributed by atoms with E-state index >= 15 is 0 Å². The van der Waals surface area contributed by atoms with Gasteiger partial charge >= 0.3 is 39.3 Å². The number of para-hydroxylation sites is 1. The zero-order valence-electron chi connectivity index (χ0n) is 14.2. The third-order valence-corrected chi connectivity index (χ3v) is 3.69. The first-order valence-electron chi connectivity index (χ1n) is 7.64. The number of nitrogens with zero attached hydrogens (tertiary/aromatic N) is 2. The Hall–Kier alpha value is -0.246. The van der Waals surface area contributed by atoms with Gasteiger partial charge in [-0.25, -0.2) is 0 Å². The minimum absolute atomic E-state index is 0.476. The van der Waals surface area contributed by atoms with Crippen molar-refractivity contribution in [3.05, 3.63) is 41.6 Å². The SMILES string of the molecule is CC(=Nc1c(C(C)C)cccc1C(C)C)C1=NC=CC1.[Br][Ni][Br]. The summed E-state index contributed by atoms with van der Waals surface area (Å²) in [6, 6.07) is 6.53. The second-order valence-electron chi connectivity index (χ2n) is 6.00. The molecule has 0 unspecified atom stereocenters. The van der Waals surface area contributed by atoms with Crippen molar-refractivity contribution in [2.75, 3.05) is 0 Å². The third-order valence-electron chi connectivity index (χ3n) is 3.69.